The molecule has 0 aliphatic heterocycles. The second kappa shape index (κ2) is 9.23. The SMILES string of the molecule is Cc1ccc(C)c(Cn2cc(SCC(=O)NCc3ccccc3)c3ccccc32)c1. The molecule has 3 aromatic carbocycles. The van der Waals surface area contributed by atoms with Crippen molar-refractivity contribution in [2.75, 3.05) is 5.75 Å². The van der Waals surface area contributed by atoms with Gasteiger partial charge in [-0.25, -0.2) is 0 Å². The van der Waals surface area contributed by atoms with Crippen LogP contribution in [0.3, 0.4) is 0 Å². The first kappa shape index (κ1) is 20.3. The number of hydrogen-bond acceptors (Lipinski definition) is 2. The molecule has 0 saturated carbocycles. The van der Waals surface area contributed by atoms with Crippen molar-refractivity contribution < 1.29 is 4.79 Å². The van der Waals surface area contributed by atoms with E-state index in [1.165, 1.54) is 27.6 Å². The zero-order chi connectivity index (χ0) is 20.9. The third-order valence-corrected chi connectivity index (χ3v) is 6.33. The zero-order valence-corrected chi connectivity index (χ0v) is 18.2. The van der Waals surface area contributed by atoms with Crippen LogP contribution in [0.1, 0.15) is 22.3 Å². The molecule has 0 aliphatic carbocycles. The van der Waals surface area contributed by atoms with Crippen LogP contribution in [-0.2, 0) is 17.9 Å². The quantitative estimate of drug-likeness (QED) is 0.393. The normalized spacial score (nSPS) is 11.0. The lowest BCUT2D eigenvalue weighted by Gasteiger charge is -2.09. The fourth-order valence-corrected chi connectivity index (χ4v) is 4.52. The minimum Gasteiger partial charge on any atom is -0.351 e. The molecule has 0 saturated heterocycles. The van der Waals surface area contributed by atoms with E-state index in [1.54, 1.807) is 11.8 Å². The van der Waals surface area contributed by atoms with Crippen LogP contribution in [0.5, 0.6) is 0 Å². The highest BCUT2D eigenvalue weighted by molar-refractivity contribution is 8.00. The maximum Gasteiger partial charge on any atom is 0.230 e. The lowest BCUT2D eigenvalue weighted by atomic mass is 10.1. The number of aromatic nitrogens is 1. The molecule has 4 heteroatoms. The van der Waals surface area contributed by atoms with E-state index in [1.807, 2.05) is 30.3 Å². The van der Waals surface area contributed by atoms with Crippen LogP contribution in [0, 0.1) is 13.8 Å². The highest BCUT2D eigenvalue weighted by Crippen LogP contribution is 2.30. The Bertz CT molecular complexity index is 1160. The molecule has 30 heavy (non-hydrogen) atoms. The Kier molecular flexibility index (Phi) is 6.24. The Morgan fingerprint density at radius 3 is 2.57 bits per heavy atom. The van der Waals surface area contributed by atoms with E-state index in [4.69, 9.17) is 0 Å². The van der Waals surface area contributed by atoms with Crippen LogP contribution in [0.4, 0.5) is 0 Å². The highest BCUT2D eigenvalue weighted by Gasteiger charge is 2.12. The van der Waals surface area contributed by atoms with Gasteiger partial charge in [0.2, 0.25) is 5.91 Å². The molecule has 1 heterocycles. The summed E-state index contributed by atoms with van der Waals surface area (Å²) in [6.07, 6.45) is 2.18. The van der Waals surface area contributed by atoms with Gasteiger partial charge >= 0.3 is 0 Å². The summed E-state index contributed by atoms with van der Waals surface area (Å²) in [5.41, 5.74) is 6.21. The maximum absolute atomic E-state index is 12.4. The summed E-state index contributed by atoms with van der Waals surface area (Å²) < 4.78 is 2.29. The van der Waals surface area contributed by atoms with Crippen LogP contribution in [0.2, 0.25) is 0 Å². The second-order valence-corrected chi connectivity index (χ2v) is 8.64. The number of carbonyl (C=O) groups excluding carboxylic acids is 1. The first-order chi connectivity index (χ1) is 14.6. The molecule has 1 N–H and O–H groups in total. The van der Waals surface area contributed by atoms with Crippen molar-refractivity contribution in [2.45, 2.75) is 31.8 Å². The van der Waals surface area contributed by atoms with E-state index in [0.29, 0.717) is 12.3 Å². The fraction of sp³-hybridized carbons (Fsp3) is 0.192. The molecule has 4 aromatic rings. The molecule has 1 amide bonds. The molecule has 0 aliphatic rings. The van der Waals surface area contributed by atoms with Crippen molar-refractivity contribution in [3.63, 3.8) is 0 Å². The largest absolute Gasteiger partial charge is 0.351 e. The summed E-state index contributed by atoms with van der Waals surface area (Å²) in [5, 5.41) is 4.21. The Morgan fingerprint density at radius 2 is 1.73 bits per heavy atom. The topological polar surface area (TPSA) is 34.0 Å². The van der Waals surface area contributed by atoms with Crippen molar-refractivity contribution in [2.24, 2.45) is 0 Å². The van der Waals surface area contributed by atoms with Crippen LogP contribution in [-0.4, -0.2) is 16.2 Å². The van der Waals surface area contributed by atoms with E-state index in [-0.39, 0.29) is 5.91 Å². The zero-order valence-electron chi connectivity index (χ0n) is 17.4. The average molecular weight is 415 g/mol. The molecule has 0 fully saturated rings. The van der Waals surface area contributed by atoms with Gasteiger partial charge in [-0.3, -0.25) is 4.79 Å². The smallest absolute Gasteiger partial charge is 0.230 e. The van der Waals surface area contributed by atoms with Crippen LogP contribution in [0.15, 0.2) is 83.9 Å². The van der Waals surface area contributed by atoms with E-state index in [0.717, 1.165) is 17.0 Å². The van der Waals surface area contributed by atoms with E-state index < -0.39 is 0 Å². The summed E-state index contributed by atoms with van der Waals surface area (Å²) in [6, 6.07) is 25.0. The van der Waals surface area contributed by atoms with Gasteiger partial charge in [0.15, 0.2) is 0 Å². The van der Waals surface area contributed by atoms with Gasteiger partial charge < -0.3 is 9.88 Å². The maximum atomic E-state index is 12.4. The van der Waals surface area contributed by atoms with Crippen LogP contribution in [0.25, 0.3) is 10.9 Å². The number of amides is 1. The molecule has 1 aromatic heterocycles. The minimum absolute atomic E-state index is 0.0511. The first-order valence-electron chi connectivity index (χ1n) is 10.2. The van der Waals surface area contributed by atoms with Crippen LogP contribution < -0.4 is 5.32 Å². The van der Waals surface area contributed by atoms with Crippen molar-refractivity contribution in [3.05, 3.63) is 101 Å². The number of carbonyl (C=O) groups is 1. The monoisotopic (exact) mass is 414 g/mol. The Morgan fingerprint density at radius 1 is 0.967 bits per heavy atom. The van der Waals surface area contributed by atoms with Gasteiger partial charge in [0.25, 0.3) is 0 Å². The van der Waals surface area contributed by atoms with Gasteiger partial charge in [0.1, 0.15) is 0 Å². The van der Waals surface area contributed by atoms with Crippen molar-refractivity contribution >= 4 is 28.6 Å². The number of rotatable bonds is 7. The van der Waals surface area contributed by atoms with Crippen molar-refractivity contribution in [1.82, 2.24) is 9.88 Å². The number of benzene rings is 3. The molecular formula is C26H26N2OS. The molecule has 3 nitrogen and oxygen atoms in total. The molecule has 0 atom stereocenters. The van der Waals surface area contributed by atoms with E-state index in [9.17, 15) is 4.79 Å². The molecular weight excluding hydrogens is 388 g/mol. The number of aryl methyl sites for hydroxylation is 2. The molecule has 0 bridgehead atoms. The van der Waals surface area contributed by atoms with Crippen molar-refractivity contribution in [3.8, 4) is 0 Å². The predicted octanol–water partition coefficient (Wildman–Crippen LogP) is 5.71. The summed E-state index contributed by atoms with van der Waals surface area (Å²) in [4.78, 5) is 13.5. The number of hydrogen-bond donors (Lipinski definition) is 1. The van der Waals surface area contributed by atoms with Gasteiger partial charge in [-0.1, -0.05) is 72.3 Å². The Hall–Kier alpha value is -2.98. The van der Waals surface area contributed by atoms with Gasteiger partial charge in [-0.2, -0.15) is 0 Å². The molecule has 0 radical (unpaired) electrons. The number of fused-ring (bicyclic) bond motifs is 1. The minimum atomic E-state index is 0.0511. The number of thioether (sulfide) groups is 1. The van der Waals surface area contributed by atoms with Gasteiger partial charge in [0, 0.05) is 35.1 Å². The third kappa shape index (κ3) is 4.77. The summed E-state index contributed by atoms with van der Waals surface area (Å²) in [5.74, 6) is 0.458. The summed E-state index contributed by atoms with van der Waals surface area (Å²) in [7, 11) is 0. The highest BCUT2D eigenvalue weighted by atomic mass is 32.2. The third-order valence-electron chi connectivity index (χ3n) is 5.29. The number of para-hydroxylation sites is 1. The predicted molar refractivity (Wildman–Crippen MR) is 126 cm³/mol. The molecule has 0 unspecified atom stereocenters. The lowest BCUT2D eigenvalue weighted by Crippen LogP contribution is -2.24. The lowest BCUT2D eigenvalue weighted by molar-refractivity contribution is -0.118. The standard InChI is InChI=1S/C26H26N2OS/c1-19-12-13-20(2)22(14-19)16-28-17-25(23-10-6-7-11-24(23)28)30-18-26(29)27-15-21-8-4-3-5-9-21/h3-14,17H,15-16,18H2,1-2H3,(H,27,29). The van der Waals surface area contributed by atoms with Crippen LogP contribution >= 0.6 is 11.8 Å². The molecule has 152 valence electrons. The molecule has 0 spiro atoms. The Balaban J connectivity index is 1.48. The Labute approximate surface area is 182 Å². The number of nitrogens with zero attached hydrogens (tertiary/aromatic N) is 1. The van der Waals surface area contributed by atoms with Crippen molar-refractivity contribution in [1.29, 1.82) is 0 Å². The second-order valence-electron chi connectivity index (χ2n) is 7.62. The summed E-state index contributed by atoms with van der Waals surface area (Å²) >= 11 is 1.60. The van der Waals surface area contributed by atoms with Gasteiger partial charge in [-0.15, -0.1) is 11.8 Å². The van der Waals surface area contributed by atoms with E-state index >= 15 is 0 Å². The first-order valence-corrected chi connectivity index (χ1v) is 11.2. The fourth-order valence-electron chi connectivity index (χ4n) is 3.60. The summed E-state index contributed by atoms with van der Waals surface area (Å²) in [6.45, 7) is 5.68. The van der Waals surface area contributed by atoms with Gasteiger partial charge in [-0.05, 0) is 36.6 Å². The van der Waals surface area contributed by atoms with E-state index in [2.05, 4.69) is 72.4 Å². The van der Waals surface area contributed by atoms with Gasteiger partial charge in [0.05, 0.1) is 5.75 Å². The molecule has 4 rings (SSSR count). The number of nitrogens with one attached hydrogen (secondary N) is 1. The average Bonchev–Trinajstić information content (AvgIpc) is 3.12.